The molecule has 10 heteroatoms. The van der Waals surface area contributed by atoms with Crippen molar-refractivity contribution in [2.75, 3.05) is 13.2 Å². The number of aromatic nitrogens is 4. The van der Waals surface area contributed by atoms with Gasteiger partial charge in [-0.25, -0.2) is 9.78 Å². The molecule has 0 saturated carbocycles. The number of nitrogens with zero attached hydrogens (tertiary/aromatic N) is 3. The Hall–Kier alpha value is -3.17. The van der Waals surface area contributed by atoms with Crippen LogP contribution >= 0.6 is 0 Å². The zero-order valence-corrected chi connectivity index (χ0v) is 13.3. The first-order valence-electron chi connectivity index (χ1n) is 7.27. The highest BCUT2D eigenvalue weighted by Gasteiger charge is 2.20. The second-order valence-electron chi connectivity index (χ2n) is 4.66. The summed E-state index contributed by atoms with van der Waals surface area (Å²) in [6, 6.07) is 1.19. The van der Waals surface area contributed by atoms with Gasteiger partial charge in [0.2, 0.25) is 6.61 Å². The number of rotatable bonds is 8. The number of aromatic amines is 2. The number of esters is 1. The molecule has 0 aliphatic rings. The number of amides is 1. The average molecular weight is 334 g/mol. The van der Waals surface area contributed by atoms with Crippen LogP contribution in [0.1, 0.15) is 31.4 Å². The summed E-state index contributed by atoms with van der Waals surface area (Å²) in [6.45, 7) is 3.29. The average Bonchev–Trinajstić information content (AvgIpc) is 3.24. The van der Waals surface area contributed by atoms with Crippen LogP contribution in [0, 0.1) is 0 Å². The fraction of sp³-hybridized carbons (Fsp3) is 0.357. The zero-order valence-electron chi connectivity index (χ0n) is 13.3. The molecule has 2 rings (SSSR count). The Balaban J connectivity index is 2.05. The van der Waals surface area contributed by atoms with Gasteiger partial charge in [-0.3, -0.25) is 9.89 Å². The van der Waals surface area contributed by atoms with Crippen molar-refractivity contribution >= 4 is 17.6 Å². The lowest BCUT2D eigenvalue weighted by molar-refractivity contribution is -0.148. The maximum Gasteiger partial charge on any atom is 0.347 e. The molecule has 2 aromatic heterocycles. The second-order valence-corrected chi connectivity index (χ2v) is 4.66. The third-order valence-electron chi connectivity index (χ3n) is 2.89. The fourth-order valence-corrected chi connectivity index (χ4v) is 1.80. The highest BCUT2D eigenvalue weighted by Crippen LogP contribution is 2.06. The normalized spacial score (nSPS) is 12.5. The second kappa shape index (κ2) is 8.46. The van der Waals surface area contributed by atoms with Crippen LogP contribution in [0.15, 0.2) is 29.8 Å². The van der Waals surface area contributed by atoms with Crippen LogP contribution in [-0.2, 0) is 19.2 Å². The molecule has 0 aliphatic heterocycles. The number of hydrogen-bond donors (Lipinski definition) is 3. The highest BCUT2D eigenvalue weighted by atomic mass is 16.7. The lowest BCUT2D eigenvalue weighted by atomic mass is 10.2. The van der Waals surface area contributed by atoms with E-state index in [4.69, 9.17) is 9.57 Å². The van der Waals surface area contributed by atoms with E-state index < -0.39 is 18.5 Å². The molecule has 2 heterocycles. The fourth-order valence-electron chi connectivity index (χ4n) is 1.80. The van der Waals surface area contributed by atoms with Gasteiger partial charge in [0, 0.05) is 18.6 Å². The van der Waals surface area contributed by atoms with Crippen molar-refractivity contribution in [3.8, 4) is 0 Å². The molecular formula is C14H18N6O4. The van der Waals surface area contributed by atoms with Crippen LogP contribution in [-0.4, -0.2) is 51.0 Å². The quantitative estimate of drug-likeness (QED) is 0.361. The lowest BCUT2D eigenvalue weighted by Crippen LogP contribution is -2.34. The number of H-pyrrole nitrogens is 2. The van der Waals surface area contributed by atoms with E-state index in [1.165, 1.54) is 6.20 Å². The number of oxime groups is 1. The number of nitrogens with one attached hydrogen (secondary N) is 3. The standard InChI is InChI=1S/C14H18N6O4/c1-3-23-11(21)8-24-20-12(10-4-5-17-19-10)14(22)18-9(2)13-15-6-7-16-13/h4-7,9H,3,8H2,1-2H3,(H,15,16)(H,17,19)(H,18,22)/t9-/m1/s1. The molecule has 0 aliphatic carbocycles. The van der Waals surface area contributed by atoms with Crippen molar-refractivity contribution in [1.82, 2.24) is 25.5 Å². The SMILES string of the molecule is CCOC(=O)CON=C(C(=O)N[C@H](C)c1ncc[nH]1)c1ccn[nH]1. The van der Waals surface area contributed by atoms with Gasteiger partial charge in [-0.2, -0.15) is 5.10 Å². The van der Waals surface area contributed by atoms with E-state index >= 15 is 0 Å². The summed E-state index contributed by atoms with van der Waals surface area (Å²) >= 11 is 0. The summed E-state index contributed by atoms with van der Waals surface area (Å²) < 4.78 is 4.72. The number of ether oxygens (including phenoxy) is 1. The first kappa shape index (κ1) is 17.2. The first-order valence-corrected chi connectivity index (χ1v) is 7.27. The molecule has 10 nitrogen and oxygen atoms in total. The van der Waals surface area contributed by atoms with E-state index in [2.05, 4.69) is 30.6 Å². The van der Waals surface area contributed by atoms with Crippen molar-refractivity contribution in [3.05, 3.63) is 36.2 Å². The largest absolute Gasteiger partial charge is 0.463 e. The van der Waals surface area contributed by atoms with Gasteiger partial charge in [-0.05, 0) is 19.9 Å². The topological polar surface area (TPSA) is 134 Å². The summed E-state index contributed by atoms with van der Waals surface area (Å²) in [5, 5.41) is 12.9. The van der Waals surface area contributed by atoms with Crippen LogP contribution in [0.5, 0.6) is 0 Å². The highest BCUT2D eigenvalue weighted by molar-refractivity contribution is 6.44. The number of carbonyl (C=O) groups is 2. The third-order valence-corrected chi connectivity index (χ3v) is 2.89. The van der Waals surface area contributed by atoms with E-state index in [1.807, 2.05) is 0 Å². The Bertz CT molecular complexity index is 680. The van der Waals surface area contributed by atoms with Crippen LogP contribution < -0.4 is 5.32 Å². The Kier molecular flexibility index (Phi) is 6.06. The monoisotopic (exact) mass is 334 g/mol. The summed E-state index contributed by atoms with van der Waals surface area (Å²) in [5.74, 6) is -0.485. The van der Waals surface area contributed by atoms with Crippen molar-refractivity contribution in [2.24, 2.45) is 5.16 Å². The molecule has 2 aromatic rings. The molecular weight excluding hydrogens is 316 g/mol. The molecule has 0 fully saturated rings. The van der Waals surface area contributed by atoms with Crippen molar-refractivity contribution < 1.29 is 19.2 Å². The molecule has 0 unspecified atom stereocenters. The molecule has 1 atom stereocenters. The Morgan fingerprint density at radius 3 is 2.88 bits per heavy atom. The molecule has 0 aromatic carbocycles. The minimum atomic E-state index is -0.574. The van der Waals surface area contributed by atoms with E-state index in [-0.39, 0.29) is 18.4 Å². The Morgan fingerprint density at radius 1 is 1.42 bits per heavy atom. The van der Waals surface area contributed by atoms with Gasteiger partial charge in [0.1, 0.15) is 5.82 Å². The van der Waals surface area contributed by atoms with Crippen LogP contribution in [0.2, 0.25) is 0 Å². The molecule has 0 radical (unpaired) electrons. The first-order chi connectivity index (χ1) is 11.6. The van der Waals surface area contributed by atoms with Gasteiger partial charge in [0.05, 0.1) is 18.3 Å². The van der Waals surface area contributed by atoms with Crippen LogP contribution in [0.25, 0.3) is 0 Å². The predicted octanol–water partition coefficient (Wildman–Crippen LogP) is 0.294. The van der Waals surface area contributed by atoms with E-state index in [9.17, 15) is 9.59 Å². The maximum absolute atomic E-state index is 12.4. The predicted molar refractivity (Wildman–Crippen MR) is 82.9 cm³/mol. The Morgan fingerprint density at radius 2 is 2.25 bits per heavy atom. The summed E-state index contributed by atoms with van der Waals surface area (Å²) in [6.07, 6.45) is 4.72. The zero-order chi connectivity index (χ0) is 17.4. The van der Waals surface area contributed by atoms with E-state index in [1.54, 1.807) is 32.3 Å². The van der Waals surface area contributed by atoms with Crippen LogP contribution in [0.4, 0.5) is 0 Å². The smallest absolute Gasteiger partial charge is 0.347 e. The number of imidazole rings is 1. The number of hydrogen-bond acceptors (Lipinski definition) is 7. The summed E-state index contributed by atoms with van der Waals surface area (Å²) in [7, 11) is 0. The molecule has 3 N–H and O–H groups in total. The summed E-state index contributed by atoms with van der Waals surface area (Å²) in [4.78, 5) is 35.6. The minimum Gasteiger partial charge on any atom is -0.463 e. The summed E-state index contributed by atoms with van der Waals surface area (Å²) in [5.41, 5.74) is 0.304. The van der Waals surface area contributed by atoms with Gasteiger partial charge in [-0.15, -0.1) is 0 Å². The molecule has 24 heavy (non-hydrogen) atoms. The molecule has 0 spiro atoms. The molecule has 1 amide bonds. The van der Waals surface area contributed by atoms with E-state index in [0.29, 0.717) is 11.5 Å². The maximum atomic E-state index is 12.4. The third kappa shape index (κ3) is 4.66. The minimum absolute atomic E-state index is 0.0461. The molecule has 0 saturated heterocycles. The molecule has 0 bridgehead atoms. The van der Waals surface area contributed by atoms with Gasteiger partial charge in [0.15, 0.2) is 5.71 Å². The van der Waals surface area contributed by atoms with Gasteiger partial charge >= 0.3 is 5.97 Å². The van der Waals surface area contributed by atoms with Crippen molar-refractivity contribution in [1.29, 1.82) is 0 Å². The van der Waals surface area contributed by atoms with Gasteiger partial charge < -0.3 is 19.9 Å². The lowest BCUT2D eigenvalue weighted by Gasteiger charge is -2.12. The molecule has 128 valence electrons. The Labute approximate surface area is 137 Å². The van der Waals surface area contributed by atoms with Crippen molar-refractivity contribution in [2.45, 2.75) is 19.9 Å². The van der Waals surface area contributed by atoms with E-state index in [0.717, 1.165) is 0 Å². The number of carbonyl (C=O) groups excluding carboxylic acids is 2. The van der Waals surface area contributed by atoms with Crippen LogP contribution in [0.3, 0.4) is 0 Å². The van der Waals surface area contributed by atoms with Crippen molar-refractivity contribution in [3.63, 3.8) is 0 Å². The van der Waals surface area contributed by atoms with Gasteiger partial charge in [0.25, 0.3) is 5.91 Å². The van der Waals surface area contributed by atoms with Gasteiger partial charge in [-0.1, -0.05) is 5.16 Å².